The second-order valence-corrected chi connectivity index (χ2v) is 9.47. The van der Waals surface area contributed by atoms with Crippen LogP contribution in [0.3, 0.4) is 0 Å². The Balaban J connectivity index is 1.65. The van der Waals surface area contributed by atoms with Crippen LogP contribution in [0.5, 0.6) is 0 Å². The lowest BCUT2D eigenvalue weighted by atomic mass is 9.91. The van der Waals surface area contributed by atoms with Gasteiger partial charge in [-0.3, -0.25) is 4.79 Å². The number of rotatable bonds is 12. The molecule has 5 nitrogen and oxygen atoms in total. The zero-order chi connectivity index (χ0) is 25.2. The number of amides is 1. The minimum Gasteiger partial charge on any atom is -0.390 e. The van der Waals surface area contributed by atoms with E-state index in [0.29, 0.717) is 31.6 Å². The van der Waals surface area contributed by atoms with E-state index in [0.717, 1.165) is 30.9 Å². The monoisotopic (exact) mass is 488 g/mol. The fraction of sp³-hybridized carbons (Fsp3) is 0.536. The largest absolute Gasteiger partial charge is 0.390 e. The van der Waals surface area contributed by atoms with Crippen LogP contribution in [0, 0.1) is 17.6 Å². The topological polar surface area (TPSA) is 70.6 Å². The second-order valence-electron chi connectivity index (χ2n) is 9.47. The number of aliphatic hydroxyl groups excluding tert-OH is 1. The minimum absolute atomic E-state index is 0.0609. The number of hydrogen-bond donors (Lipinski definition) is 3. The first-order chi connectivity index (χ1) is 16.9. The fourth-order valence-corrected chi connectivity index (χ4v) is 4.67. The summed E-state index contributed by atoms with van der Waals surface area (Å²) in [7, 11) is 0. The molecular weight excluding hydrogens is 450 g/mol. The van der Waals surface area contributed by atoms with Gasteiger partial charge in [0, 0.05) is 31.7 Å². The standard InChI is InChI=1S/C28H38F2N2O3/c1-3-6-25-15-22(9-10-35-25)28(34)32-26(14-21-12-23(29)16-24(30)13-21)27(33)18-31-17-20-8-5-7-19(4-2)11-20/h5,7-8,11-13,16,22,25-27,31,33H,3-4,6,9-10,14-15,17-18H2,1-2H3,(H,32,34)/t22?,25?,26-,27-/m0/s1. The SMILES string of the molecule is CCCC1CC(C(=O)N[C@@H](Cc2cc(F)cc(F)c2)[C@@H](O)CNCc2cccc(CC)c2)CCO1. The van der Waals surface area contributed by atoms with Crippen LogP contribution in [0.1, 0.15) is 56.2 Å². The van der Waals surface area contributed by atoms with Crippen LogP contribution in [0.2, 0.25) is 0 Å². The smallest absolute Gasteiger partial charge is 0.223 e. The molecule has 35 heavy (non-hydrogen) atoms. The first kappa shape index (κ1) is 27.2. The van der Waals surface area contributed by atoms with Crippen molar-refractivity contribution in [2.24, 2.45) is 5.92 Å². The summed E-state index contributed by atoms with van der Waals surface area (Å²) >= 11 is 0. The van der Waals surface area contributed by atoms with E-state index in [9.17, 15) is 18.7 Å². The van der Waals surface area contributed by atoms with Gasteiger partial charge < -0.3 is 20.5 Å². The highest BCUT2D eigenvalue weighted by Gasteiger charge is 2.30. The molecule has 2 unspecified atom stereocenters. The minimum atomic E-state index is -0.939. The molecule has 2 aromatic carbocycles. The molecular formula is C28H38F2N2O3. The number of halogens is 2. The van der Waals surface area contributed by atoms with E-state index in [1.165, 1.54) is 17.7 Å². The first-order valence-electron chi connectivity index (χ1n) is 12.7. The maximum Gasteiger partial charge on any atom is 0.223 e. The van der Waals surface area contributed by atoms with Crippen LogP contribution in [0.15, 0.2) is 42.5 Å². The highest BCUT2D eigenvalue weighted by Crippen LogP contribution is 2.24. The number of nitrogens with one attached hydrogen (secondary N) is 2. The zero-order valence-corrected chi connectivity index (χ0v) is 20.7. The molecule has 1 aliphatic heterocycles. The van der Waals surface area contributed by atoms with Crippen LogP contribution in [0.4, 0.5) is 8.78 Å². The Morgan fingerprint density at radius 3 is 2.57 bits per heavy atom. The van der Waals surface area contributed by atoms with Crippen LogP contribution < -0.4 is 10.6 Å². The number of aliphatic hydroxyl groups is 1. The summed E-state index contributed by atoms with van der Waals surface area (Å²) < 4.78 is 33.3. The third kappa shape index (κ3) is 8.67. The summed E-state index contributed by atoms with van der Waals surface area (Å²) in [6, 6.07) is 10.8. The Morgan fingerprint density at radius 1 is 1.11 bits per heavy atom. The zero-order valence-electron chi connectivity index (χ0n) is 20.7. The van der Waals surface area contributed by atoms with Gasteiger partial charge in [-0.15, -0.1) is 0 Å². The molecule has 0 saturated carbocycles. The molecule has 1 amide bonds. The van der Waals surface area contributed by atoms with Crippen molar-refractivity contribution in [1.82, 2.24) is 10.6 Å². The average Bonchev–Trinajstić information content (AvgIpc) is 2.83. The third-order valence-corrected chi connectivity index (χ3v) is 6.60. The maximum atomic E-state index is 13.8. The van der Waals surface area contributed by atoms with Gasteiger partial charge in [0.05, 0.1) is 18.2 Å². The molecule has 0 bridgehead atoms. The van der Waals surface area contributed by atoms with E-state index in [2.05, 4.69) is 36.6 Å². The highest BCUT2D eigenvalue weighted by atomic mass is 19.1. The Morgan fingerprint density at radius 2 is 1.86 bits per heavy atom. The number of carbonyl (C=O) groups is 1. The van der Waals surface area contributed by atoms with Gasteiger partial charge in [0.2, 0.25) is 5.91 Å². The van der Waals surface area contributed by atoms with E-state index in [1.54, 1.807) is 0 Å². The molecule has 0 radical (unpaired) electrons. The van der Waals surface area contributed by atoms with Crippen molar-refractivity contribution in [1.29, 1.82) is 0 Å². The molecule has 1 fully saturated rings. The summed E-state index contributed by atoms with van der Waals surface area (Å²) in [6.45, 7) is 5.51. The van der Waals surface area contributed by atoms with E-state index in [-0.39, 0.29) is 30.9 Å². The van der Waals surface area contributed by atoms with Gasteiger partial charge in [0.1, 0.15) is 11.6 Å². The van der Waals surface area contributed by atoms with Crippen molar-refractivity contribution in [2.75, 3.05) is 13.2 Å². The van der Waals surface area contributed by atoms with Gasteiger partial charge in [-0.1, -0.05) is 44.5 Å². The molecule has 1 saturated heterocycles. The lowest BCUT2D eigenvalue weighted by Gasteiger charge is -2.31. The van der Waals surface area contributed by atoms with Gasteiger partial charge in [-0.2, -0.15) is 0 Å². The van der Waals surface area contributed by atoms with Crippen LogP contribution >= 0.6 is 0 Å². The second kappa shape index (κ2) is 13.7. The summed E-state index contributed by atoms with van der Waals surface area (Å²) in [5.74, 6) is -1.71. The quantitative estimate of drug-likeness (QED) is 0.417. The Bertz CT molecular complexity index is 933. The summed E-state index contributed by atoms with van der Waals surface area (Å²) in [6.07, 6.45) is 3.34. The molecule has 192 valence electrons. The van der Waals surface area contributed by atoms with E-state index in [4.69, 9.17) is 4.74 Å². The maximum absolute atomic E-state index is 13.8. The van der Waals surface area contributed by atoms with Crippen LogP contribution in [-0.4, -0.2) is 42.4 Å². The molecule has 3 rings (SSSR count). The van der Waals surface area contributed by atoms with Gasteiger partial charge in [0.15, 0.2) is 0 Å². The normalized spacial score (nSPS) is 19.8. The van der Waals surface area contributed by atoms with Crippen LogP contribution in [0.25, 0.3) is 0 Å². The highest BCUT2D eigenvalue weighted by molar-refractivity contribution is 5.79. The molecule has 3 N–H and O–H groups in total. The van der Waals surface area contributed by atoms with E-state index in [1.807, 2.05) is 12.1 Å². The molecule has 0 aromatic heterocycles. The third-order valence-electron chi connectivity index (χ3n) is 6.60. The molecule has 1 aliphatic rings. The van der Waals surface area contributed by atoms with Crippen molar-refractivity contribution < 1.29 is 23.4 Å². The molecule has 2 aromatic rings. The van der Waals surface area contributed by atoms with Crippen molar-refractivity contribution in [3.05, 3.63) is 70.8 Å². The van der Waals surface area contributed by atoms with Crippen molar-refractivity contribution >= 4 is 5.91 Å². The first-order valence-corrected chi connectivity index (χ1v) is 12.7. The number of carbonyl (C=O) groups excluding carboxylic acids is 1. The molecule has 4 atom stereocenters. The Labute approximate surface area is 207 Å². The summed E-state index contributed by atoms with van der Waals surface area (Å²) in [5.41, 5.74) is 2.73. The Kier molecular flexibility index (Phi) is 10.6. The summed E-state index contributed by atoms with van der Waals surface area (Å²) in [5, 5.41) is 17.2. The van der Waals surface area contributed by atoms with Crippen molar-refractivity contribution in [3.63, 3.8) is 0 Å². The van der Waals surface area contributed by atoms with Crippen molar-refractivity contribution in [3.8, 4) is 0 Å². The number of benzene rings is 2. The lowest BCUT2D eigenvalue weighted by molar-refractivity contribution is -0.131. The number of hydrogen-bond acceptors (Lipinski definition) is 4. The van der Waals surface area contributed by atoms with E-state index < -0.39 is 23.8 Å². The predicted octanol–water partition coefficient (Wildman–Crippen LogP) is 4.30. The van der Waals surface area contributed by atoms with E-state index >= 15 is 0 Å². The van der Waals surface area contributed by atoms with Gasteiger partial charge >= 0.3 is 0 Å². The van der Waals surface area contributed by atoms with Gasteiger partial charge in [0.25, 0.3) is 0 Å². The number of aryl methyl sites for hydroxylation is 1. The van der Waals surface area contributed by atoms with Crippen LogP contribution in [-0.2, 0) is 28.9 Å². The fourth-order valence-electron chi connectivity index (χ4n) is 4.67. The summed E-state index contributed by atoms with van der Waals surface area (Å²) in [4.78, 5) is 13.1. The number of ether oxygens (including phenoxy) is 1. The Hall–Kier alpha value is -2.35. The average molecular weight is 489 g/mol. The van der Waals surface area contributed by atoms with Gasteiger partial charge in [-0.05, 0) is 60.9 Å². The molecule has 1 heterocycles. The molecule has 0 aliphatic carbocycles. The lowest BCUT2D eigenvalue weighted by Crippen LogP contribution is -2.51. The van der Waals surface area contributed by atoms with Gasteiger partial charge in [-0.25, -0.2) is 8.78 Å². The molecule has 7 heteroatoms. The molecule has 0 spiro atoms. The predicted molar refractivity (Wildman–Crippen MR) is 133 cm³/mol. The van der Waals surface area contributed by atoms with Crippen molar-refractivity contribution in [2.45, 2.75) is 77.2 Å².